The Hall–Kier alpha value is -0.700. The second-order valence-electron chi connectivity index (χ2n) is 3.35. The van der Waals surface area contributed by atoms with E-state index in [2.05, 4.69) is 4.28 Å². The predicted molar refractivity (Wildman–Crippen MR) is 50.8 cm³/mol. The van der Waals surface area contributed by atoms with Gasteiger partial charge in [-0.15, -0.1) is 4.28 Å². The van der Waals surface area contributed by atoms with Gasteiger partial charge in [-0.05, 0) is 25.8 Å². The predicted octanol–water partition coefficient (Wildman–Crippen LogP) is -0.549. The highest BCUT2D eigenvalue weighted by Gasteiger charge is 2.34. The maximum Gasteiger partial charge on any atom is 0.418 e. The van der Waals surface area contributed by atoms with Crippen LogP contribution < -0.4 is 5.73 Å². The standard InChI is InChI=1S/C7H14N2O5S/c8-5-1-2-6-3-4-7(10)9(6)14-15(11,12)13/h6H,1-5,8H2,(H,11,12,13)/t6-/m1/s1. The highest BCUT2D eigenvalue weighted by Crippen LogP contribution is 2.23. The average molecular weight is 238 g/mol. The molecule has 1 rings (SSSR count). The van der Waals surface area contributed by atoms with Crippen molar-refractivity contribution in [2.75, 3.05) is 6.54 Å². The van der Waals surface area contributed by atoms with Crippen molar-refractivity contribution in [1.82, 2.24) is 5.06 Å². The van der Waals surface area contributed by atoms with E-state index in [0.717, 1.165) is 5.06 Å². The van der Waals surface area contributed by atoms with E-state index in [-0.39, 0.29) is 12.5 Å². The molecule has 88 valence electrons. The quantitative estimate of drug-likeness (QED) is 0.622. The van der Waals surface area contributed by atoms with Crippen molar-refractivity contribution in [3.63, 3.8) is 0 Å². The Bertz CT molecular complexity index is 328. The van der Waals surface area contributed by atoms with Crippen molar-refractivity contribution in [2.24, 2.45) is 5.73 Å². The number of nitrogens with two attached hydrogens (primary N) is 1. The Kier molecular flexibility index (Phi) is 4.03. The molecule has 0 aromatic rings. The molecule has 1 saturated heterocycles. The number of carbonyl (C=O) groups excluding carboxylic acids is 1. The third-order valence-electron chi connectivity index (χ3n) is 2.18. The van der Waals surface area contributed by atoms with Gasteiger partial charge in [0.05, 0.1) is 6.04 Å². The molecule has 1 aliphatic heterocycles. The van der Waals surface area contributed by atoms with Gasteiger partial charge in [-0.3, -0.25) is 9.35 Å². The summed E-state index contributed by atoms with van der Waals surface area (Å²) in [7, 11) is -4.62. The Morgan fingerprint density at radius 2 is 2.27 bits per heavy atom. The lowest BCUT2D eigenvalue weighted by atomic mass is 10.1. The van der Waals surface area contributed by atoms with Gasteiger partial charge in [-0.2, -0.15) is 13.5 Å². The summed E-state index contributed by atoms with van der Waals surface area (Å²) in [5.74, 6) is -0.436. The molecule has 0 saturated carbocycles. The molecular formula is C7H14N2O5S. The fourth-order valence-electron chi connectivity index (χ4n) is 1.54. The third kappa shape index (κ3) is 3.74. The molecule has 0 bridgehead atoms. The molecular weight excluding hydrogens is 224 g/mol. The number of nitrogens with zero attached hydrogens (tertiary/aromatic N) is 1. The highest BCUT2D eigenvalue weighted by molar-refractivity contribution is 7.80. The van der Waals surface area contributed by atoms with Gasteiger partial charge >= 0.3 is 10.4 Å². The molecule has 1 heterocycles. The topological polar surface area (TPSA) is 110 Å². The van der Waals surface area contributed by atoms with Gasteiger partial charge in [-0.25, -0.2) is 0 Å². The van der Waals surface area contributed by atoms with Crippen LogP contribution in [0, 0.1) is 0 Å². The third-order valence-corrected chi connectivity index (χ3v) is 2.53. The van der Waals surface area contributed by atoms with Gasteiger partial charge in [0.25, 0.3) is 0 Å². The second kappa shape index (κ2) is 4.88. The molecule has 0 aromatic carbocycles. The van der Waals surface area contributed by atoms with E-state index in [0.29, 0.717) is 25.8 Å². The zero-order valence-electron chi connectivity index (χ0n) is 8.13. The number of hydrogen-bond donors (Lipinski definition) is 2. The van der Waals surface area contributed by atoms with Gasteiger partial charge in [-0.1, -0.05) is 0 Å². The highest BCUT2D eigenvalue weighted by atomic mass is 32.3. The van der Waals surface area contributed by atoms with Crippen LogP contribution in [0.25, 0.3) is 0 Å². The van der Waals surface area contributed by atoms with Crippen molar-refractivity contribution < 1.29 is 22.0 Å². The lowest BCUT2D eigenvalue weighted by Gasteiger charge is -2.20. The average Bonchev–Trinajstić information content (AvgIpc) is 2.43. The Morgan fingerprint density at radius 3 is 2.80 bits per heavy atom. The van der Waals surface area contributed by atoms with Gasteiger partial charge < -0.3 is 5.73 Å². The Balaban J connectivity index is 2.60. The summed E-state index contributed by atoms with van der Waals surface area (Å²) in [5, 5.41) is 0.727. The summed E-state index contributed by atoms with van der Waals surface area (Å²) in [6.07, 6.45) is 1.99. The van der Waals surface area contributed by atoms with Crippen molar-refractivity contribution in [3.05, 3.63) is 0 Å². The summed E-state index contributed by atoms with van der Waals surface area (Å²) in [6.45, 7) is 0.463. The molecule has 0 aromatic heterocycles. The fourth-order valence-corrected chi connectivity index (χ4v) is 1.95. The van der Waals surface area contributed by atoms with Gasteiger partial charge in [0.2, 0.25) is 5.91 Å². The first-order valence-electron chi connectivity index (χ1n) is 4.63. The van der Waals surface area contributed by atoms with Gasteiger partial charge in [0.15, 0.2) is 0 Å². The van der Waals surface area contributed by atoms with Crippen LogP contribution in [-0.4, -0.2) is 36.5 Å². The van der Waals surface area contributed by atoms with E-state index >= 15 is 0 Å². The molecule has 1 atom stereocenters. The maximum atomic E-state index is 11.2. The number of hydrogen-bond acceptors (Lipinski definition) is 5. The lowest BCUT2D eigenvalue weighted by molar-refractivity contribution is -0.157. The summed E-state index contributed by atoms with van der Waals surface area (Å²) < 4.78 is 33.6. The molecule has 1 aliphatic rings. The summed E-state index contributed by atoms with van der Waals surface area (Å²) >= 11 is 0. The molecule has 8 heteroatoms. The summed E-state index contributed by atoms with van der Waals surface area (Å²) in [4.78, 5) is 11.2. The number of carbonyl (C=O) groups is 1. The van der Waals surface area contributed by atoms with Crippen LogP contribution in [0.1, 0.15) is 25.7 Å². The Morgan fingerprint density at radius 1 is 1.60 bits per heavy atom. The Labute approximate surface area is 88.1 Å². The van der Waals surface area contributed by atoms with Crippen molar-refractivity contribution in [1.29, 1.82) is 0 Å². The largest absolute Gasteiger partial charge is 0.418 e. The molecule has 15 heavy (non-hydrogen) atoms. The zero-order chi connectivity index (χ0) is 11.5. The monoisotopic (exact) mass is 238 g/mol. The molecule has 1 amide bonds. The smallest absolute Gasteiger partial charge is 0.330 e. The molecule has 1 fully saturated rings. The van der Waals surface area contributed by atoms with Gasteiger partial charge in [0, 0.05) is 6.42 Å². The molecule has 0 radical (unpaired) electrons. The zero-order valence-corrected chi connectivity index (χ0v) is 8.94. The summed E-state index contributed by atoms with van der Waals surface area (Å²) in [6, 6.07) is -0.317. The van der Waals surface area contributed by atoms with Crippen molar-refractivity contribution in [2.45, 2.75) is 31.7 Å². The van der Waals surface area contributed by atoms with Crippen molar-refractivity contribution >= 4 is 16.3 Å². The number of hydroxylamine groups is 2. The van der Waals surface area contributed by atoms with E-state index in [1.54, 1.807) is 0 Å². The van der Waals surface area contributed by atoms with Crippen LogP contribution in [0.4, 0.5) is 0 Å². The summed E-state index contributed by atoms with van der Waals surface area (Å²) in [5.41, 5.74) is 5.30. The minimum absolute atomic E-state index is 0.227. The molecule has 0 unspecified atom stereocenters. The van der Waals surface area contributed by atoms with E-state index in [1.165, 1.54) is 0 Å². The van der Waals surface area contributed by atoms with Crippen LogP contribution in [0.3, 0.4) is 0 Å². The van der Waals surface area contributed by atoms with Crippen LogP contribution in [0.15, 0.2) is 0 Å². The SMILES string of the molecule is NCCC[C@@H]1CCC(=O)N1OS(=O)(=O)O. The van der Waals surface area contributed by atoms with Crippen LogP contribution in [-0.2, 0) is 19.5 Å². The van der Waals surface area contributed by atoms with Crippen LogP contribution in [0.5, 0.6) is 0 Å². The maximum absolute atomic E-state index is 11.2. The number of amides is 1. The molecule has 0 aliphatic carbocycles. The first-order chi connectivity index (χ1) is 6.94. The first kappa shape index (κ1) is 12.4. The van der Waals surface area contributed by atoms with E-state index in [9.17, 15) is 13.2 Å². The fraction of sp³-hybridized carbons (Fsp3) is 0.857. The molecule has 7 nitrogen and oxygen atoms in total. The lowest BCUT2D eigenvalue weighted by Crippen LogP contribution is -2.35. The van der Waals surface area contributed by atoms with E-state index in [4.69, 9.17) is 10.3 Å². The minimum atomic E-state index is -4.62. The van der Waals surface area contributed by atoms with E-state index in [1.807, 2.05) is 0 Å². The van der Waals surface area contributed by atoms with Gasteiger partial charge in [0.1, 0.15) is 0 Å². The van der Waals surface area contributed by atoms with Crippen LogP contribution >= 0.6 is 0 Å². The molecule has 3 N–H and O–H groups in total. The number of rotatable bonds is 5. The van der Waals surface area contributed by atoms with Crippen LogP contribution in [0.2, 0.25) is 0 Å². The minimum Gasteiger partial charge on any atom is -0.330 e. The second-order valence-corrected chi connectivity index (χ2v) is 4.35. The normalized spacial score (nSPS) is 22.4. The first-order valence-corrected chi connectivity index (χ1v) is 5.99. The van der Waals surface area contributed by atoms with E-state index < -0.39 is 16.3 Å². The van der Waals surface area contributed by atoms with Crippen molar-refractivity contribution in [3.8, 4) is 0 Å². The molecule has 0 spiro atoms.